The number of imide groups is 1. The highest BCUT2D eigenvalue weighted by atomic mass is 16.2. The quantitative estimate of drug-likeness (QED) is 0.828. The molecule has 2 heterocycles. The van der Waals surface area contributed by atoms with E-state index in [4.69, 9.17) is 5.73 Å². The van der Waals surface area contributed by atoms with Crippen molar-refractivity contribution < 1.29 is 9.59 Å². The lowest BCUT2D eigenvalue weighted by Gasteiger charge is -2.16. The van der Waals surface area contributed by atoms with Gasteiger partial charge in [-0.3, -0.25) is 14.3 Å². The SMILES string of the molecule is CCC1CC2C(=O)N(c3nn(C)cc3CN)C(=O)C2C1. The molecular weight excluding hydrogens is 256 g/mol. The molecule has 1 aliphatic heterocycles. The van der Waals surface area contributed by atoms with E-state index in [2.05, 4.69) is 12.0 Å². The third-order valence-electron chi connectivity index (χ3n) is 4.63. The molecule has 108 valence electrons. The Balaban J connectivity index is 1.93. The molecule has 1 saturated carbocycles. The summed E-state index contributed by atoms with van der Waals surface area (Å²) in [6.45, 7) is 2.39. The monoisotopic (exact) mass is 276 g/mol. The first-order valence-corrected chi connectivity index (χ1v) is 7.17. The number of amides is 2. The van der Waals surface area contributed by atoms with Gasteiger partial charge in [0.1, 0.15) is 0 Å². The van der Waals surface area contributed by atoms with Gasteiger partial charge in [0.15, 0.2) is 5.82 Å². The highest BCUT2D eigenvalue weighted by molar-refractivity contribution is 6.22. The summed E-state index contributed by atoms with van der Waals surface area (Å²) in [6, 6.07) is 0. The molecule has 1 saturated heterocycles. The van der Waals surface area contributed by atoms with Crippen LogP contribution in [-0.4, -0.2) is 21.6 Å². The van der Waals surface area contributed by atoms with Crippen molar-refractivity contribution in [2.45, 2.75) is 32.7 Å². The van der Waals surface area contributed by atoms with Crippen molar-refractivity contribution in [3.05, 3.63) is 11.8 Å². The standard InChI is InChI=1S/C14H20N4O2/c1-3-8-4-10-11(5-8)14(20)18(13(10)19)12-9(6-15)7-17(2)16-12/h7-8,10-11H,3-6,15H2,1-2H3. The van der Waals surface area contributed by atoms with Crippen LogP contribution in [0, 0.1) is 17.8 Å². The largest absolute Gasteiger partial charge is 0.326 e. The van der Waals surface area contributed by atoms with E-state index in [1.54, 1.807) is 17.9 Å². The molecule has 6 heteroatoms. The Kier molecular flexibility index (Phi) is 3.12. The lowest BCUT2D eigenvalue weighted by atomic mass is 10.00. The Morgan fingerprint density at radius 2 is 1.90 bits per heavy atom. The highest BCUT2D eigenvalue weighted by Crippen LogP contribution is 2.45. The molecule has 0 radical (unpaired) electrons. The molecule has 0 bridgehead atoms. The first-order valence-electron chi connectivity index (χ1n) is 7.17. The number of carbonyl (C=O) groups is 2. The highest BCUT2D eigenvalue weighted by Gasteiger charge is 2.53. The lowest BCUT2D eigenvalue weighted by Crippen LogP contribution is -2.33. The molecule has 2 aliphatic rings. The summed E-state index contributed by atoms with van der Waals surface area (Å²) in [5.74, 6) is 0.430. The molecule has 2 fully saturated rings. The number of aromatic nitrogens is 2. The molecule has 2 amide bonds. The van der Waals surface area contributed by atoms with Crippen LogP contribution in [0.1, 0.15) is 31.7 Å². The zero-order valence-corrected chi connectivity index (χ0v) is 11.9. The Morgan fingerprint density at radius 3 is 2.40 bits per heavy atom. The van der Waals surface area contributed by atoms with Gasteiger partial charge in [0.25, 0.3) is 0 Å². The van der Waals surface area contributed by atoms with Crippen LogP contribution in [0.5, 0.6) is 0 Å². The van der Waals surface area contributed by atoms with Crippen LogP contribution in [0.3, 0.4) is 0 Å². The minimum absolute atomic E-state index is 0.0932. The maximum absolute atomic E-state index is 12.6. The fraction of sp³-hybridized carbons (Fsp3) is 0.643. The maximum atomic E-state index is 12.6. The first-order chi connectivity index (χ1) is 9.56. The zero-order valence-electron chi connectivity index (χ0n) is 11.9. The fourth-order valence-electron chi connectivity index (χ4n) is 3.53. The number of rotatable bonds is 3. The van der Waals surface area contributed by atoms with Gasteiger partial charge in [-0.2, -0.15) is 5.10 Å². The van der Waals surface area contributed by atoms with E-state index in [0.717, 1.165) is 24.8 Å². The summed E-state index contributed by atoms with van der Waals surface area (Å²) < 4.78 is 1.60. The number of anilines is 1. The molecule has 6 nitrogen and oxygen atoms in total. The van der Waals surface area contributed by atoms with Crippen LogP contribution in [0.25, 0.3) is 0 Å². The van der Waals surface area contributed by atoms with Gasteiger partial charge in [-0.15, -0.1) is 0 Å². The van der Waals surface area contributed by atoms with Crippen LogP contribution in [0.15, 0.2) is 6.20 Å². The normalized spacial score (nSPS) is 29.4. The van der Waals surface area contributed by atoms with Crippen molar-refractivity contribution in [3.8, 4) is 0 Å². The molecule has 2 N–H and O–H groups in total. The third kappa shape index (κ3) is 1.78. The van der Waals surface area contributed by atoms with E-state index >= 15 is 0 Å². The van der Waals surface area contributed by atoms with Crippen LogP contribution in [-0.2, 0) is 23.2 Å². The van der Waals surface area contributed by atoms with Gasteiger partial charge in [-0.05, 0) is 18.8 Å². The third-order valence-corrected chi connectivity index (χ3v) is 4.63. The van der Waals surface area contributed by atoms with E-state index in [1.807, 2.05) is 0 Å². The van der Waals surface area contributed by atoms with Crippen molar-refractivity contribution in [2.24, 2.45) is 30.5 Å². The van der Waals surface area contributed by atoms with Crippen LogP contribution in [0.4, 0.5) is 5.82 Å². The van der Waals surface area contributed by atoms with Crippen molar-refractivity contribution in [1.82, 2.24) is 9.78 Å². The molecule has 3 rings (SSSR count). The van der Waals surface area contributed by atoms with Crippen molar-refractivity contribution in [1.29, 1.82) is 0 Å². The minimum Gasteiger partial charge on any atom is -0.326 e. The summed E-state index contributed by atoms with van der Waals surface area (Å²) in [5, 5.41) is 4.25. The zero-order chi connectivity index (χ0) is 14.4. The number of nitrogens with zero attached hydrogens (tertiary/aromatic N) is 3. The molecule has 0 spiro atoms. The van der Waals surface area contributed by atoms with E-state index in [-0.39, 0.29) is 30.2 Å². The van der Waals surface area contributed by atoms with E-state index in [0.29, 0.717) is 11.7 Å². The first kappa shape index (κ1) is 13.3. The van der Waals surface area contributed by atoms with Crippen molar-refractivity contribution in [3.63, 3.8) is 0 Å². The second-order valence-electron chi connectivity index (χ2n) is 5.83. The van der Waals surface area contributed by atoms with Crippen molar-refractivity contribution in [2.75, 3.05) is 4.90 Å². The summed E-state index contributed by atoms with van der Waals surface area (Å²) in [6.07, 6.45) is 4.45. The van der Waals surface area contributed by atoms with Crippen LogP contribution >= 0.6 is 0 Å². The van der Waals surface area contributed by atoms with E-state index < -0.39 is 0 Å². The predicted octanol–water partition coefficient (Wildman–Crippen LogP) is 0.804. The lowest BCUT2D eigenvalue weighted by molar-refractivity contribution is -0.123. The van der Waals surface area contributed by atoms with Gasteiger partial charge in [0, 0.05) is 25.4 Å². The molecule has 2 atom stereocenters. The smallest absolute Gasteiger partial charge is 0.238 e. The van der Waals surface area contributed by atoms with Gasteiger partial charge in [-0.25, -0.2) is 4.90 Å². The fourth-order valence-corrected chi connectivity index (χ4v) is 3.53. The summed E-state index contributed by atoms with van der Waals surface area (Å²) in [7, 11) is 1.77. The van der Waals surface area contributed by atoms with E-state index in [9.17, 15) is 9.59 Å². The van der Waals surface area contributed by atoms with Gasteiger partial charge in [0.05, 0.1) is 11.8 Å². The minimum atomic E-state index is -0.153. The van der Waals surface area contributed by atoms with Gasteiger partial charge < -0.3 is 5.73 Å². The number of fused-ring (bicyclic) bond motifs is 1. The second-order valence-corrected chi connectivity index (χ2v) is 5.83. The number of carbonyl (C=O) groups excluding carboxylic acids is 2. The van der Waals surface area contributed by atoms with Gasteiger partial charge in [-0.1, -0.05) is 13.3 Å². The van der Waals surface area contributed by atoms with Gasteiger partial charge in [0.2, 0.25) is 11.8 Å². The number of hydrogen-bond donors (Lipinski definition) is 1. The molecule has 2 unspecified atom stereocenters. The number of hydrogen-bond acceptors (Lipinski definition) is 4. The molecule has 1 aliphatic carbocycles. The molecule has 0 aromatic carbocycles. The van der Waals surface area contributed by atoms with Crippen LogP contribution < -0.4 is 10.6 Å². The average molecular weight is 276 g/mol. The molecule has 1 aromatic rings. The Morgan fingerprint density at radius 1 is 1.30 bits per heavy atom. The van der Waals surface area contributed by atoms with Crippen molar-refractivity contribution >= 4 is 17.6 Å². The topological polar surface area (TPSA) is 81.2 Å². The predicted molar refractivity (Wildman–Crippen MR) is 73.6 cm³/mol. The summed E-state index contributed by atoms with van der Waals surface area (Å²) in [4.78, 5) is 26.4. The second kappa shape index (κ2) is 4.70. The van der Waals surface area contributed by atoms with E-state index in [1.165, 1.54) is 4.90 Å². The Hall–Kier alpha value is -1.69. The Labute approximate surface area is 117 Å². The Bertz CT molecular complexity index is 542. The summed E-state index contributed by atoms with van der Waals surface area (Å²) >= 11 is 0. The average Bonchev–Trinajstić information content (AvgIpc) is 3.06. The molecule has 1 aromatic heterocycles. The summed E-state index contributed by atoms with van der Waals surface area (Å²) in [5.41, 5.74) is 6.42. The number of nitrogens with two attached hydrogens (primary N) is 1. The molecular formula is C14H20N4O2. The van der Waals surface area contributed by atoms with Crippen LogP contribution in [0.2, 0.25) is 0 Å². The molecule has 20 heavy (non-hydrogen) atoms. The maximum Gasteiger partial charge on any atom is 0.238 e. The number of aryl methyl sites for hydroxylation is 1. The van der Waals surface area contributed by atoms with Gasteiger partial charge >= 0.3 is 0 Å².